The standard InChI is InChI=1S/C13H14N4O/c1-7-8(2)15-11-5-9(3-4-10(7)11)13-16-12(6-14)18-17-13/h3-5,15H,6,14H2,1-2H3. The van der Waals surface area contributed by atoms with Crippen LogP contribution in [0.5, 0.6) is 0 Å². The maximum atomic E-state index is 5.45. The highest BCUT2D eigenvalue weighted by Crippen LogP contribution is 2.25. The van der Waals surface area contributed by atoms with Crippen molar-refractivity contribution in [2.75, 3.05) is 0 Å². The minimum absolute atomic E-state index is 0.260. The molecule has 0 bridgehead atoms. The fourth-order valence-electron chi connectivity index (χ4n) is 2.07. The van der Waals surface area contributed by atoms with Gasteiger partial charge >= 0.3 is 0 Å². The van der Waals surface area contributed by atoms with Gasteiger partial charge in [0, 0.05) is 22.2 Å². The molecule has 3 rings (SSSR count). The predicted molar refractivity (Wildman–Crippen MR) is 69.0 cm³/mol. The first kappa shape index (κ1) is 11.0. The molecule has 18 heavy (non-hydrogen) atoms. The molecular formula is C13H14N4O. The number of hydrogen-bond acceptors (Lipinski definition) is 4. The van der Waals surface area contributed by atoms with E-state index in [9.17, 15) is 0 Å². The molecule has 0 aliphatic rings. The van der Waals surface area contributed by atoms with E-state index in [0.717, 1.165) is 11.1 Å². The van der Waals surface area contributed by atoms with Gasteiger partial charge in [-0.05, 0) is 25.5 Å². The van der Waals surface area contributed by atoms with Crippen molar-refractivity contribution in [3.63, 3.8) is 0 Å². The second kappa shape index (κ2) is 3.96. The average molecular weight is 242 g/mol. The van der Waals surface area contributed by atoms with E-state index >= 15 is 0 Å². The molecule has 92 valence electrons. The van der Waals surface area contributed by atoms with Gasteiger partial charge in [0.15, 0.2) is 0 Å². The van der Waals surface area contributed by atoms with Crippen LogP contribution in [-0.4, -0.2) is 15.1 Å². The largest absolute Gasteiger partial charge is 0.358 e. The van der Waals surface area contributed by atoms with E-state index in [1.54, 1.807) is 0 Å². The van der Waals surface area contributed by atoms with E-state index < -0.39 is 0 Å². The van der Waals surface area contributed by atoms with Crippen LogP contribution in [0.1, 0.15) is 17.1 Å². The van der Waals surface area contributed by atoms with Gasteiger partial charge in [-0.25, -0.2) is 0 Å². The van der Waals surface area contributed by atoms with Crippen LogP contribution in [0.2, 0.25) is 0 Å². The van der Waals surface area contributed by atoms with Crippen LogP contribution in [0, 0.1) is 13.8 Å². The van der Waals surface area contributed by atoms with E-state index in [1.807, 2.05) is 12.1 Å². The Morgan fingerprint density at radius 3 is 2.89 bits per heavy atom. The topological polar surface area (TPSA) is 80.7 Å². The zero-order valence-corrected chi connectivity index (χ0v) is 10.3. The number of H-pyrrole nitrogens is 1. The van der Waals surface area contributed by atoms with Crippen molar-refractivity contribution in [1.82, 2.24) is 15.1 Å². The number of nitrogens with one attached hydrogen (secondary N) is 1. The van der Waals surface area contributed by atoms with Gasteiger partial charge in [0.25, 0.3) is 0 Å². The summed E-state index contributed by atoms with van der Waals surface area (Å²) < 4.78 is 5.01. The van der Waals surface area contributed by atoms with Gasteiger partial charge in [-0.15, -0.1) is 0 Å². The lowest BCUT2D eigenvalue weighted by Gasteiger charge is -1.95. The SMILES string of the molecule is Cc1[nH]c2cc(-c3noc(CN)n3)ccc2c1C. The third-order valence-electron chi connectivity index (χ3n) is 3.21. The number of aromatic nitrogens is 3. The van der Waals surface area contributed by atoms with Crippen molar-refractivity contribution in [3.05, 3.63) is 35.3 Å². The minimum atomic E-state index is 0.260. The van der Waals surface area contributed by atoms with Crippen molar-refractivity contribution in [1.29, 1.82) is 0 Å². The Kier molecular flexibility index (Phi) is 2.41. The molecule has 0 aliphatic heterocycles. The fourth-order valence-corrected chi connectivity index (χ4v) is 2.07. The molecule has 0 atom stereocenters. The van der Waals surface area contributed by atoms with Gasteiger partial charge in [0.05, 0.1) is 6.54 Å². The number of hydrogen-bond donors (Lipinski definition) is 2. The maximum absolute atomic E-state index is 5.45. The molecule has 3 aromatic rings. The molecule has 0 amide bonds. The first-order valence-corrected chi connectivity index (χ1v) is 5.81. The molecule has 2 heterocycles. The van der Waals surface area contributed by atoms with E-state index in [1.165, 1.54) is 16.6 Å². The molecule has 0 fully saturated rings. The Morgan fingerprint density at radius 1 is 1.33 bits per heavy atom. The van der Waals surface area contributed by atoms with Crippen molar-refractivity contribution >= 4 is 10.9 Å². The quantitative estimate of drug-likeness (QED) is 0.722. The van der Waals surface area contributed by atoms with Gasteiger partial charge in [0.1, 0.15) is 0 Å². The van der Waals surface area contributed by atoms with Crippen LogP contribution >= 0.6 is 0 Å². The molecule has 3 N–H and O–H groups in total. The first-order chi connectivity index (χ1) is 8.69. The third kappa shape index (κ3) is 1.60. The number of nitrogens with zero attached hydrogens (tertiary/aromatic N) is 2. The van der Waals surface area contributed by atoms with Crippen LogP contribution in [-0.2, 0) is 6.54 Å². The first-order valence-electron chi connectivity index (χ1n) is 5.81. The summed E-state index contributed by atoms with van der Waals surface area (Å²) in [6.07, 6.45) is 0. The number of rotatable bonds is 2. The highest BCUT2D eigenvalue weighted by Gasteiger charge is 2.10. The van der Waals surface area contributed by atoms with E-state index in [0.29, 0.717) is 11.7 Å². The minimum Gasteiger partial charge on any atom is -0.358 e. The highest BCUT2D eigenvalue weighted by atomic mass is 16.5. The number of nitrogens with two attached hydrogens (primary N) is 1. The average Bonchev–Trinajstić information content (AvgIpc) is 2.95. The van der Waals surface area contributed by atoms with E-state index in [-0.39, 0.29) is 6.54 Å². The normalized spacial score (nSPS) is 11.3. The summed E-state index contributed by atoms with van der Waals surface area (Å²) >= 11 is 0. The van der Waals surface area contributed by atoms with Crippen LogP contribution < -0.4 is 5.73 Å². The van der Waals surface area contributed by atoms with Gasteiger partial charge in [0.2, 0.25) is 11.7 Å². The van der Waals surface area contributed by atoms with Crippen molar-refractivity contribution in [2.24, 2.45) is 5.73 Å². The van der Waals surface area contributed by atoms with Crippen molar-refractivity contribution in [2.45, 2.75) is 20.4 Å². The summed E-state index contributed by atoms with van der Waals surface area (Å²) in [6, 6.07) is 6.09. The predicted octanol–water partition coefficient (Wildman–Crippen LogP) is 2.29. The van der Waals surface area contributed by atoms with Gasteiger partial charge in [-0.2, -0.15) is 4.98 Å². The summed E-state index contributed by atoms with van der Waals surface area (Å²) in [6.45, 7) is 4.43. The molecule has 0 unspecified atom stereocenters. The Morgan fingerprint density at radius 2 is 2.17 bits per heavy atom. The maximum Gasteiger partial charge on any atom is 0.240 e. The molecule has 0 spiro atoms. The molecule has 5 nitrogen and oxygen atoms in total. The smallest absolute Gasteiger partial charge is 0.240 e. The van der Waals surface area contributed by atoms with E-state index in [4.69, 9.17) is 10.3 Å². The van der Waals surface area contributed by atoms with Crippen molar-refractivity contribution in [3.8, 4) is 11.4 Å². The monoisotopic (exact) mass is 242 g/mol. The van der Waals surface area contributed by atoms with Gasteiger partial charge in [-0.1, -0.05) is 17.3 Å². The van der Waals surface area contributed by atoms with Crippen molar-refractivity contribution < 1.29 is 4.52 Å². The van der Waals surface area contributed by atoms with Crippen LogP contribution in [0.3, 0.4) is 0 Å². The summed E-state index contributed by atoms with van der Waals surface area (Å²) in [7, 11) is 0. The van der Waals surface area contributed by atoms with Gasteiger partial charge in [-0.3, -0.25) is 0 Å². The number of benzene rings is 1. The zero-order valence-electron chi connectivity index (χ0n) is 10.3. The summed E-state index contributed by atoms with van der Waals surface area (Å²) in [4.78, 5) is 7.57. The lowest BCUT2D eigenvalue weighted by Crippen LogP contribution is -1.95. The Bertz CT molecular complexity index is 711. The third-order valence-corrected chi connectivity index (χ3v) is 3.21. The Balaban J connectivity index is 2.13. The van der Waals surface area contributed by atoms with Crippen LogP contribution in [0.15, 0.2) is 22.7 Å². The lowest BCUT2D eigenvalue weighted by atomic mass is 10.1. The van der Waals surface area contributed by atoms with Gasteiger partial charge < -0.3 is 15.2 Å². The number of aromatic amines is 1. The van der Waals surface area contributed by atoms with Crippen LogP contribution in [0.25, 0.3) is 22.3 Å². The lowest BCUT2D eigenvalue weighted by molar-refractivity contribution is 0.380. The molecular weight excluding hydrogens is 228 g/mol. The van der Waals surface area contributed by atoms with Crippen LogP contribution in [0.4, 0.5) is 0 Å². The second-order valence-electron chi connectivity index (χ2n) is 4.35. The highest BCUT2D eigenvalue weighted by molar-refractivity contribution is 5.87. The fraction of sp³-hybridized carbons (Fsp3) is 0.231. The number of fused-ring (bicyclic) bond motifs is 1. The molecule has 0 saturated heterocycles. The molecule has 1 aromatic carbocycles. The summed E-state index contributed by atoms with van der Waals surface area (Å²) in [5.74, 6) is 1.02. The number of aryl methyl sites for hydroxylation is 2. The molecule has 0 aliphatic carbocycles. The Labute approximate surface area is 104 Å². The van der Waals surface area contributed by atoms with E-state index in [2.05, 4.69) is 35.0 Å². The summed E-state index contributed by atoms with van der Waals surface area (Å²) in [5, 5.41) is 5.13. The zero-order chi connectivity index (χ0) is 12.7. The second-order valence-corrected chi connectivity index (χ2v) is 4.35. The molecule has 0 saturated carbocycles. The Hall–Kier alpha value is -2.14. The molecule has 2 aromatic heterocycles. The summed E-state index contributed by atoms with van der Waals surface area (Å²) in [5.41, 5.74) is 9.91. The molecule has 5 heteroatoms. The molecule has 0 radical (unpaired) electrons.